The molecule has 1 N–H and O–H groups in total. The number of nitrogens with one attached hydrogen (secondary N) is 1. The van der Waals surface area contributed by atoms with Gasteiger partial charge >= 0.3 is 0 Å². The van der Waals surface area contributed by atoms with Gasteiger partial charge in [0.05, 0.1) is 16.9 Å². The summed E-state index contributed by atoms with van der Waals surface area (Å²) in [6, 6.07) is 18.7. The van der Waals surface area contributed by atoms with Gasteiger partial charge in [-0.05, 0) is 38.1 Å². The van der Waals surface area contributed by atoms with Crippen LogP contribution in [-0.2, 0) is 11.3 Å². The quantitative estimate of drug-likeness (QED) is 0.733. The highest BCUT2D eigenvalue weighted by Crippen LogP contribution is 2.18. The Morgan fingerprint density at radius 1 is 1.15 bits per heavy atom. The van der Waals surface area contributed by atoms with Gasteiger partial charge in [-0.2, -0.15) is 10.4 Å². The zero-order valence-electron chi connectivity index (χ0n) is 15.3. The first-order valence-corrected chi connectivity index (χ1v) is 8.59. The van der Waals surface area contributed by atoms with E-state index < -0.39 is 0 Å². The molecule has 0 spiro atoms. The number of benzene rings is 2. The number of aromatic nitrogens is 2. The zero-order chi connectivity index (χ0) is 19.2. The number of carbonyl (C=O) groups is 1. The minimum absolute atomic E-state index is 0.149. The summed E-state index contributed by atoms with van der Waals surface area (Å²) < 4.78 is 7.33. The fourth-order valence-corrected chi connectivity index (χ4v) is 2.82. The van der Waals surface area contributed by atoms with Crippen molar-refractivity contribution in [2.45, 2.75) is 20.4 Å². The number of nitriles is 1. The Kier molecular flexibility index (Phi) is 5.53. The van der Waals surface area contributed by atoms with Crippen LogP contribution in [0.15, 0.2) is 54.6 Å². The van der Waals surface area contributed by atoms with E-state index in [0.717, 1.165) is 22.6 Å². The largest absolute Gasteiger partial charge is 0.482 e. The van der Waals surface area contributed by atoms with Crippen molar-refractivity contribution >= 4 is 5.91 Å². The third-order valence-corrected chi connectivity index (χ3v) is 4.27. The highest BCUT2D eigenvalue weighted by Gasteiger charge is 2.14. The maximum atomic E-state index is 12.1. The van der Waals surface area contributed by atoms with E-state index in [0.29, 0.717) is 17.9 Å². The molecule has 6 nitrogen and oxygen atoms in total. The third kappa shape index (κ3) is 4.15. The van der Waals surface area contributed by atoms with Crippen LogP contribution in [0, 0.1) is 25.2 Å². The van der Waals surface area contributed by atoms with Crippen molar-refractivity contribution in [1.82, 2.24) is 15.1 Å². The van der Waals surface area contributed by atoms with E-state index in [9.17, 15) is 4.79 Å². The summed E-state index contributed by atoms with van der Waals surface area (Å²) in [7, 11) is 0. The molecule has 0 aliphatic carbocycles. The Morgan fingerprint density at radius 2 is 1.85 bits per heavy atom. The fraction of sp³-hybridized carbons (Fsp3) is 0.190. The highest BCUT2D eigenvalue weighted by molar-refractivity contribution is 5.77. The monoisotopic (exact) mass is 360 g/mol. The van der Waals surface area contributed by atoms with E-state index in [1.165, 1.54) is 0 Å². The van der Waals surface area contributed by atoms with Gasteiger partial charge in [-0.3, -0.25) is 4.79 Å². The summed E-state index contributed by atoms with van der Waals surface area (Å²) in [6.07, 6.45) is 0. The standard InChI is InChI=1S/C21H20N4O2/c1-15-19(16(2)25(24-15)18-9-4-3-5-10-18)13-23-21(26)14-27-20-11-7-6-8-17(20)12-22/h3-11H,13-14H2,1-2H3,(H,23,26). The normalized spacial score (nSPS) is 10.3. The molecule has 0 fully saturated rings. The smallest absolute Gasteiger partial charge is 0.258 e. The molecule has 3 rings (SSSR count). The number of nitrogens with zero attached hydrogens (tertiary/aromatic N) is 3. The molecular weight excluding hydrogens is 340 g/mol. The first-order valence-electron chi connectivity index (χ1n) is 8.59. The van der Waals surface area contributed by atoms with Crippen molar-refractivity contribution in [2.24, 2.45) is 0 Å². The van der Waals surface area contributed by atoms with E-state index >= 15 is 0 Å². The first-order chi connectivity index (χ1) is 13.1. The van der Waals surface area contributed by atoms with Gasteiger partial charge < -0.3 is 10.1 Å². The minimum Gasteiger partial charge on any atom is -0.482 e. The second-order valence-corrected chi connectivity index (χ2v) is 6.07. The molecule has 0 unspecified atom stereocenters. The van der Waals surface area contributed by atoms with Gasteiger partial charge in [0.15, 0.2) is 6.61 Å². The molecule has 1 aromatic heterocycles. The number of para-hydroxylation sites is 2. The van der Waals surface area contributed by atoms with Gasteiger partial charge in [0.1, 0.15) is 11.8 Å². The van der Waals surface area contributed by atoms with Crippen LogP contribution in [-0.4, -0.2) is 22.3 Å². The van der Waals surface area contributed by atoms with Crippen LogP contribution in [0.25, 0.3) is 5.69 Å². The third-order valence-electron chi connectivity index (χ3n) is 4.27. The number of amides is 1. The molecule has 6 heteroatoms. The van der Waals surface area contributed by atoms with Crippen molar-refractivity contribution in [3.05, 3.63) is 77.1 Å². The Hall–Kier alpha value is -3.59. The molecule has 0 atom stereocenters. The van der Waals surface area contributed by atoms with E-state index in [2.05, 4.69) is 10.4 Å². The first kappa shape index (κ1) is 18.2. The lowest BCUT2D eigenvalue weighted by Gasteiger charge is -2.09. The van der Waals surface area contributed by atoms with E-state index in [4.69, 9.17) is 10.00 Å². The van der Waals surface area contributed by atoms with Crippen LogP contribution in [0.1, 0.15) is 22.5 Å². The van der Waals surface area contributed by atoms with Crippen LogP contribution < -0.4 is 10.1 Å². The van der Waals surface area contributed by atoms with E-state index in [1.807, 2.05) is 54.9 Å². The molecule has 2 aromatic carbocycles. The number of hydrogen-bond acceptors (Lipinski definition) is 4. The second kappa shape index (κ2) is 8.19. The Bertz CT molecular complexity index is 987. The summed E-state index contributed by atoms with van der Waals surface area (Å²) in [5.41, 5.74) is 4.21. The Labute approximate surface area is 158 Å². The van der Waals surface area contributed by atoms with Gasteiger partial charge in [0.2, 0.25) is 0 Å². The van der Waals surface area contributed by atoms with Crippen LogP contribution in [0.4, 0.5) is 0 Å². The number of rotatable bonds is 6. The zero-order valence-corrected chi connectivity index (χ0v) is 15.3. The van der Waals surface area contributed by atoms with Gasteiger partial charge in [0, 0.05) is 17.8 Å². The average molecular weight is 360 g/mol. The topological polar surface area (TPSA) is 79.9 Å². The van der Waals surface area contributed by atoms with Crippen LogP contribution >= 0.6 is 0 Å². The van der Waals surface area contributed by atoms with E-state index in [-0.39, 0.29) is 12.5 Å². The van der Waals surface area contributed by atoms with Gasteiger partial charge in [-0.25, -0.2) is 4.68 Å². The molecule has 0 bridgehead atoms. The molecule has 0 saturated carbocycles. The maximum absolute atomic E-state index is 12.1. The molecule has 1 heterocycles. The van der Waals surface area contributed by atoms with Gasteiger partial charge in [0.25, 0.3) is 5.91 Å². The summed E-state index contributed by atoms with van der Waals surface area (Å²) in [5, 5.41) is 16.5. The molecule has 0 saturated heterocycles. The maximum Gasteiger partial charge on any atom is 0.258 e. The number of hydrogen-bond donors (Lipinski definition) is 1. The average Bonchev–Trinajstić information content (AvgIpc) is 2.99. The lowest BCUT2D eigenvalue weighted by Crippen LogP contribution is -2.28. The predicted molar refractivity (Wildman–Crippen MR) is 102 cm³/mol. The van der Waals surface area contributed by atoms with Crippen molar-refractivity contribution in [2.75, 3.05) is 6.61 Å². The molecular formula is C21H20N4O2. The Morgan fingerprint density at radius 3 is 2.59 bits per heavy atom. The van der Waals surface area contributed by atoms with Crippen molar-refractivity contribution in [3.63, 3.8) is 0 Å². The summed E-state index contributed by atoms with van der Waals surface area (Å²) in [5.74, 6) is 0.147. The van der Waals surface area contributed by atoms with Gasteiger partial charge in [-0.15, -0.1) is 0 Å². The van der Waals surface area contributed by atoms with Crippen molar-refractivity contribution in [1.29, 1.82) is 5.26 Å². The Balaban J connectivity index is 1.63. The van der Waals surface area contributed by atoms with Gasteiger partial charge in [-0.1, -0.05) is 30.3 Å². The SMILES string of the molecule is Cc1nn(-c2ccccc2)c(C)c1CNC(=O)COc1ccccc1C#N. The minimum atomic E-state index is -0.256. The van der Waals surface area contributed by atoms with Crippen LogP contribution in [0.5, 0.6) is 5.75 Å². The second-order valence-electron chi connectivity index (χ2n) is 6.07. The summed E-state index contributed by atoms with van der Waals surface area (Å²) in [4.78, 5) is 12.1. The highest BCUT2D eigenvalue weighted by atomic mass is 16.5. The molecule has 0 radical (unpaired) electrons. The molecule has 3 aromatic rings. The van der Waals surface area contributed by atoms with Crippen LogP contribution in [0.2, 0.25) is 0 Å². The summed E-state index contributed by atoms with van der Waals surface area (Å²) in [6.45, 7) is 4.12. The van der Waals surface area contributed by atoms with E-state index in [1.54, 1.807) is 24.3 Å². The lowest BCUT2D eigenvalue weighted by atomic mass is 10.2. The molecule has 1 amide bonds. The number of aryl methyl sites for hydroxylation is 1. The molecule has 27 heavy (non-hydrogen) atoms. The summed E-state index contributed by atoms with van der Waals surface area (Å²) >= 11 is 0. The van der Waals surface area contributed by atoms with Crippen molar-refractivity contribution < 1.29 is 9.53 Å². The molecule has 0 aliphatic heterocycles. The predicted octanol–water partition coefficient (Wildman–Crippen LogP) is 3.06. The fourth-order valence-electron chi connectivity index (χ4n) is 2.82. The number of ether oxygens (including phenoxy) is 1. The van der Waals surface area contributed by atoms with Crippen LogP contribution in [0.3, 0.4) is 0 Å². The van der Waals surface area contributed by atoms with Crippen molar-refractivity contribution in [3.8, 4) is 17.5 Å². The molecule has 136 valence electrons. The number of carbonyl (C=O) groups excluding carboxylic acids is 1. The molecule has 0 aliphatic rings. The lowest BCUT2D eigenvalue weighted by molar-refractivity contribution is -0.123.